The lowest BCUT2D eigenvalue weighted by molar-refractivity contribution is -0.441. The summed E-state index contributed by atoms with van der Waals surface area (Å²) < 4.78 is 1.53. The minimum Gasteiger partial charge on any atom is -0.293 e. The van der Waals surface area contributed by atoms with E-state index in [1.54, 1.807) is 31.8 Å². The van der Waals surface area contributed by atoms with Gasteiger partial charge in [0, 0.05) is 4.92 Å². The molecule has 0 aliphatic rings. The average Bonchev–Trinajstić information content (AvgIpc) is 2.03. The number of nitrogens with zero attached hydrogens (tertiary/aromatic N) is 2. The van der Waals surface area contributed by atoms with E-state index >= 15 is 0 Å². The van der Waals surface area contributed by atoms with Crippen LogP contribution in [0.15, 0.2) is 24.3 Å². The van der Waals surface area contributed by atoms with Crippen LogP contribution in [0.1, 0.15) is 5.56 Å². The van der Waals surface area contributed by atoms with Crippen molar-refractivity contribution in [3.05, 3.63) is 46.5 Å². The molecule has 13 heavy (non-hydrogen) atoms. The summed E-state index contributed by atoms with van der Waals surface area (Å²) in [6.07, 6.45) is 0. The van der Waals surface area contributed by atoms with Gasteiger partial charge in [0.1, 0.15) is 7.05 Å². The van der Waals surface area contributed by atoms with Crippen LogP contribution in [0.2, 0.25) is 0 Å². The number of hydrogen-bond acceptors (Lipinski definition) is 2. The molecular weight excluding hydrogens is 168 g/mol. The molecule has 1 rings (SSSR count). The van der Waals surface area contributed by atoms with Crippen LogP contribution in [0, 0.1) is 16.7 Å². The Kier molecular flexibility index (Phi) is 2.64. The summed E-state index contributed by atoms with van der Waals surface area (Å²) in [5.41, 5.74) is 0.656. The van der Waals surface area contributed by atoms with Gasteiger partial charge in [0.05, 0.1) is 13.3 Å². The van der Waals surface area contributed by atoms with Gasteiger partial charge in [-0.2, -0.15) is 0 Å². The third-order valence-electron chi connectivity index (χ3n) is 1.49. The van der Waals surface area contributed by atoms with Gasteiger partial charge in [0.2, 0.25) is 5.69 Å². The number of benzene rings is 1. The Balaban J connectivity index is 3.04. The zero-order valence-electron chi connectivity index (χ0n) is 7.30. The largest absolute Gasteiger partial charge is 0.293 e. The van der Waals surface area contributed by atoms with E-state index in [1.165, 1.54) is 10.6 Å². The fraction of sp³-hybridized carbons (Fsp3) is 0.111. The molecule has 1 aromatic carbocycles. The molecule has 0 aromatic heterocycles. The normalized spacial score (nSPS) is 9.31. The second kappa shape index (κ2) is 3.71. The van der Waals surface area contributed by atoms with Gasteiger partial charge in [0.15, 0.2) is 0 Å². The molecule has 1 aromatic rings. The summed E-state index contributed by atoms with van der Waals surface area (Å²) in [7, 11) is 1.72. The molecule has 0 aliphatic heterocycles. The lowest BCUT2D eigenvalue weighted by Gasteiger charge is -2.04. The number of para-hydroxylation sites is 1. The first-order chi connectivity index (χ1) is 6.11. The zero-order valence-corrected chi connectivity index (χ0v) is 7.30. The molecule has 0 heterocycles. The van der Waals surface area contributed by atoms with E-state index in [2.05, 4.69) is 6.72 Å². The number of nitro groups is 1. The zero-order chi connectivity index (χ0) is 9.84. The van der Waals surface area contributed by atoms with Gasteiger partial charge in [0.25, 0.3) is 0 Å². The van der Waals surface area contributed by atoms with Crippen LogP contribution in [0.3, 0.4) is 0 Å². The summed E-state index contributed by atoms with van der Waals surface area (Å²) in [6.45, 7) is 5.20. The molecule has 0 saturated carbocycles. The van der Waals surface area contributed by atoms with Gasteiger partial charge in [-0.05, 0) is 11.6 Å². The summed E-state index contributed by atoms with van der Waals surface area (Å²) in [4.78, 5) is 10.1. The smallest absolute Gasteiger partial charge is 0.203 e. The van der Waals surface area contributed by atoms with E-state index in [1.807, 2.05) is 0 Å². The van der Waals surface area contributed by atoms with Crippen LogP contribution >= 0.6 is 0 Å². The van der Waals surface area contributed by atoms with Crippen molar-refractivity contribution in [3.8, 4) is 0 Å². The van der Waals surface area contributed by atoms with Gasteiger partial charge in [-0.25, -0.2) is 0 Å². The van der Waals surface area contributed by atoms with Crippen molar-refractivity contribution in [2.45, 2.75) is 0 Å². The molecule has 0 aliphatic carbocycles. The van der Waals surface area contributed by atoms with Gasteiger partial charge in [-0.15, -0.1) is 12.1 Å². The molecule has 0 N–H and O–H groups in total. The lowest BCUT2D eigenvalue weighted by Crippen LogP contribution is -2.02. The molecule has 0 spiro atoms. The second-order valence-electron chi connectivity index (χ2n) is 2.70. The fourth-order valence-electron chi connectivity index (χ4n) is 1.00. The van der Waals surface area contributed by atoms with Crippen molar-refractivity contribution in [2.24, 2.45) is 0 Å². The van der Waals surface area contributed by atoms with Crippen molar-refractivity contribution >= 4 is 12.4 Å². The van der Waals surface area contributed by atoms with E-state index in [9.17, 15) is 10.1 Å². The topological polar surface area (TPSA) is 46.1 Å². The van der Waals surface area contributed by atoms with Crippen molar-refractivity contribution in [1.29, 1.82) is 0 Å². The summed E-state index contributed by atoms with van der Waals surface area (Å²) in [5, 5.41) is 10.5. The second-order valence-corrected chi connectivity index (χ2v) is 2.70. The van der Waals surface area contributed by atoms with E-state index in [4.69, 9.17) is 0 Å². The molecule has 4 nitrogen and oxygen atoms in total. The highest BCUT2D eigenvalue weighted by atomic mass is 16.6. The van der Waals surface area contributed by atoms with E-state index in [0.29, 0.717) is 5.56 Å². The number of nitro benzene ring substituents is 1. The molecular formula is C9H10N2O2. The first-order valence-corrected chi connectivity index (χ1v) is 3.73. The molecule has 0 atom stereocenters. The summed E-state index contributed by atoms with van der Waals surface area (Å²) in [6, 6.07) is 6.54. The Morgan fingerprint density at radius 2 is 2.08 bits per heavy atom. The standard InChI is InChI=1S/C9H10N2O2/c1-10(2)7-8-5-3-4-6-9(8)11(12)13/h3-7H,1H2,2H3. The third-order valence-corrected chi connectivity index (χ3v) is 1.49. The Bertz CT molecular complexity index is 347. The van der Waals surface area contributed by atoms with Crippen LogP contribution in [0.4, 0.5) is 5.69 Å². The maximum absolute atomic E-state index is 10.5. The number of hydrogen-bond donors (Lipinski definition) is 0. The Morgan fingerprint density at radius 1 is 1.46 bits per heavy atom. The Hall–Kier alpha value is -1.84. The predicted octanol–water partition coefficient (Wildman–Crippen LogP) is 1.45. The van der Waals surface area contributed by atoms with Gasteiger partial charge < -0.3 is 0 Å². The van der Waals surface area contributed by atoms with Crippen LogP contribution in [-0.4, -0.2) is 23.3 Å². The number of rotatable bonds is 3. The van der Waals surface area contributed by atoms with Crippen LogP contribution in [0.25, 0.3) is 0 Å². The predicted molar refractivity (Wildman–Crippen MR) is 49.8 cm³/mol. The average molecular weight is 178 g/mol. The molecule has 4 heteroatoms. The van der Waals surface area contributed by atoms with Crippen molar-refractivity contribution in [1.82, 2.24) is 0 Å². The van der Waals surface area contributed by atoms with E-state index < -0.39 is 4.92 Å². The van der Waals surface area contributed by atoms with E-state index in [-0.39, 0.29) is 5.69 Å². The third kappa shape index (κ3) is 2.30. The van der Waals surface area contributed by atoms with Gasteiger partial charge >= 0.3 is 0 Å². The van der Waals surface area contributed by atoms with Crippen molar-refractivity contribution < 1.29 is 9.50 Å². The first-order valence-electron chi connectivity index (χ1n) is 3.73. The molecule has 68 valence electrons. The minimum absolute atomic E-state index is 0.0954. The highest BCUT2D eigenvalue weighted by Gasteiger charge is 2.07. The fourth-order valence-corrected chi connectivity index (χ4v) is 1.00. The SMILES string of the molecule is C=[N+](C)[CH-]c1ccccc1[N+](=O)[O-]. The van der Waals surface area contributed by atoms with Crippen LogP contribution in [-0.2, 0) is 0 Å². The van der Waals surface area contributed by atoms with Crippen molar-refractivity contribution in [3.63, 3.8) is 0 Å². The molecule has 0 unspecified atom stereocenters. The van der Waals surface area contributed by atoms with Crippen LogP contribution in [0.5, 0.6) is 0 Å². The highest BCUT2D eigenvalue weighted by molar-refractivity contribution is 5.43. The minimum atomic E-state index is -0.407. The summed E-state index contributed by atoms with van der Waals surface area (Å²) in [5.74, 6) is 0. The van der Waals surface area contributed by atoms with E-state index in [0.717, 1.165) is 0 Å². The Labute approximate surface area is 76.3 Å². The lowest BCUT2D eigenvalue weighted by atomic mass is 10.2. The van der Waals surface area contributed by atoms with Gasteiger partial charge in [-0.3, -0.25) is 14.7 Å². The Morgan fingerprint density at radius 3 is 2.62 bits per heavy atom. The molecule has 0 fully saturated rings. The van der Waals surface area contributed by atoms with Crippen LogP contribution < -0.4 is 0 Å². The summed E-state index contributed by atoms with van der Waals surface area (Å²) >= 11 is 0. The van der Waals surface area contributed by atoms with Crippen molar-refractivity contribution in [2.75, 3.05) is 7.05 Å². The molecule has 0 bridgehead atoms. The van der Waals surface area contributed by atoms with Gasteiger partial charge in [-0.1, -0.05) is 6.07 Å². The maximum atomic E-state index is 10.5. The molecule has 0 amide bonds. The maximum Gasteiger partial charge on any atom is 0.203 e. The highest BCUT2D eigenvalue weighted by Crippen LogP contribution is 2.18. The molecule has 0 saturated heterocycles. The molecule has 0 radical (unpaired) electrons. The quantitative estimate of drug-likeness (QED) is 0.231. The first kappa shape index (κ1) is 9.25. The monoisotopic (exact) mass is 178 g/mol.